The second kappa shape index (κ2) is 11.3. The summed E-state index contributed by atoms with van der Waals surface area (Å²) in [5.41, 5.74) is 2.63. The van der Waals surface area contributed by atoms with Gasteiger partial charge in [0, 0.05) is 10.6 Å². The summed E-state index contributed by atoms with van der Waals surface area (Å²) in [5, 5.41) is 0.292. The Kier molecular flexibility index (Phi) is 8.00. The molecule has 0 saturated carbocycles. The zero-order valence-electron chi connectivity index (χ0n) is 19.3. The van der Waals surface area contributed by atoms with Crippen LogP contribution in [0.4, 0.5) is 4.79 Å². The van der Waals surface area contributed by atoms with Gasteiger partial charge in [-0.2, -0.15) is 0 Å². The molecule has 8 heteroatoms. The molecule has 4 rings (SSSR count). The first-order valence-electron chi connectivity index (χ1n) is 10.9. The van der Waals surface area contributed by atoms with E-state index < -0.39 is 0 Å². The van der Waals surface area contributed by atoms with Crippen molar-refractivity contribution in [2.45, 2.75) is 13.5 Å². The highest BCUT2D eigenvalue weighted by molar-refractivity contribution is 8.18. The lowest BCUT2D eigenvalue weighted by Crippen LogP contribution is -2.32. The van der Waals surface area contributed by atoms with Gasteiger partial charge in [0.25, 0.3) is 11.1 Å². The van der Waals surface area contributed by atoms with Gasteiger partial charge in [0.15, 0.2) is 11.5 Å². The molecular formula is C27H24ClNO5S. The average Bonchev–Trinajstić information content (AvgIpc) is 3.11. The van der Waals surface area contributed by atoms with Crippen LogP contribution < -0.4 is 14.2 Å². The zero-order valence-corrected chi connectivity index (χ0v) is 20.9. The molecule has 0 radical (unpaired) electrons. The van der Waals surface area contributed by atoms with Crippen LogP contribution in [-0.4, -0.2) is 36.3 Å². The van der Waals surface area contributed by atoms with Crippen molar-refractivity contribution < 1.29 is 23.8 Å². The predicted octanol–water partition coefficient (Wildman–Crippen LogP) is 6.35. The minimum Gasteiger partial charge on any atom is -0.493 e. The molecule has 1 aliphatic rings. The van der Waals surface area contributed by atoms with Crippen molar-refractivity contribution in [3.05, 3.63) is 93.3 Å². The van der Waals surface area contributed by atoms with Crippen molar-refractivity contribution in [3.63, 3.8) is 0 Å². The highest BCUT2D eigenvalue weighted by Crippen LogP contribution is 2.35. The third-order valence-corrected chi connectivity index (χ3v) is 6.55. The molecule has 0 unspecified atom stereocenters. The van der Waals surface area contributed by atoms with E-state index in [4.69, 9.17) is 25.8 Å². The summed E-state index contributed by atoms with van der Waals surface area (Å²) in [4.78, 5) is 26.9. The van der Waals surface area contributed by atoms with E-state index in [0.717, 1.165) is 22.9 Å². The summed E-state index contributed by atoms with van der Waals surface area (Å²) < 4.78 is 17.1. The van der Waals surface area contributed by atoms with Crippen molar-refractivity contribution in [1.29, 1.82) is 0 Å². The lowest BCUT2D eigenvalue weighted by molar-refractivity contribution is -0.123. The van der Waals surface area contributed by atoms with E-state index in [1.165, 1.54) is 4.90 Å². The molecule has 0 spiro atoms. The van der Waals surface area contributed by atoms with Crippen molar-refractivity contribution in [1.82, 2.24) is 4.90 Å². The van der Waals surface area contributed by atoms with Gasteiger partial charge in [0.2, 0.25) is 0 Å². The number of carbonyl (C=O) groups excluding carboxylic acids is 2. The molecule has 6 nitrogen and oxygen atoms in total. The molecule has 0 aliphatic carbocycles. The quantitative estimate of drug-likeness (QED) is 0.313. The van der Waals surface area contributed by atoms with Gasteiger partial charge in [-0.25, -0.2) is 0 Å². The second-order valence-electron chi connectivity index (χ2n) is 7.79. The van der Waals surface area contributed by atoms with Crippen LogP contribution in [0.2, 0.25) is 5.02 Å². The van der Waals surface area contributed by atoms with Gasteiger partial charge in [-0.3, -0.25) is 14.5 Å². The molecule has 0 N–H and O–H groups in total. The number of hydrogen-bond donors (Lipinski definition) is 0. The standard InChI is InChI=1S/C27H24ClNO5S/c1-18-6-5-8-21(14-18)33-13-12-29-26(30)25(35-27(29)31)16-19-10-11-23(32-2)24(15-19)34-17-20-7-3-4-9-22(20)28/h3-11,14-16H,12-13,17H2,1-2H3/b25-16-. The number of carbonyl (C=O) groups is 2. The molecule has 3 aromatic rings. The zero-order chi connectivity index (χ0) is 24.8. The molecule has 35 heavy (non-hydrogen) atoms. The molecule has 1 saturated heterocycles. The maximum atomic E-state index is 12.9. The highest BCUT2D eigenvalue weighted by Gasteiger charge is 2.34. The lowest BCUT2D eigenvalue weighted by atomic mass is 10.1. The Balaban J connectivity index is 1.43. The maximum absolute atomic E-state index is 12.9. The normalized spacial score (nSPS) is 14.5. The molecule has 0 bridgehead atoms. The minimum atomic E-state index is -0.345. The number of thioether (sulfide) groups is 1. The smallest absolute Gasteiger partial charge is 0.293 e. The van der Waals surface area contributed by atoms with Crippen molar-refractivity contribution in [3.8, 4) is 17.2 Å². The molecule has 0 atom stereocenters. The van der Waals surface area contributed by atoms with Crippen LogP contribution in [0, 0.1) is 6.92 Å². The van der Waals surface area contributed by atoms with Crippen LogP contribution in [-0.2, 0) is 11.4 Å². The first-order chi connectivity index (χ1) is 16.9. The molecule has 180 valence electrons. The van der Waals surface area contributed by atoms with Gasteiger partial charge >= 0.3 is 0 Å². The summed E-state index contributed by atoms with van der Waals surface area (Å²) >= 11 is 7.13. The average molecular weight is 510 g/mol. The van der Waals surface area contributed by atoms with Crippen LogP contribution in [0.15, 0.2) is 71.6 Å². The van der Waals surface area contributed by atoms with Crippen molar-refractivity contribution in [2.24, 2.45) is 0 Å². The van der Waals surface area contributed by atoms with Gasteiger partial charge in [-0.05, 0) is 66.2 Å². The van der Waals surface area contributed by atoms with E-state index >= 15 is 0 Å². The number of ether oxygens (including phenoxy) is 3. The van der Waals surface area contributed by atoms with Gasteiger partial charge < -0.3 is 14.2 Å². The third-order valence-electron chi connectivity index (χ3n) is 5.27. The first-order valence-corrected chi connectivity index (χ1v) is 12.1. The SMILES string of the molecule is COc1ccc(/C=C2\SC(=O)N(CCOc3cccc(C)c3)C2=O)cc1OCc1ccccc1Cl. The van der Waals surface area contributed by atoms with Gasteiger partial charge in [-0.15, -0.1) is 0 Å². The monoisotopic (exact) mass is 509 g/mol. The number of halogens is 1. The van der Waals surface area contributed by atoms with E-state index in [2.05, 4.69) is 0 Å². The fraction of sp³-hybridized carbons (Fsp3) is 0.185. The van der Waals surface area contributed by atoms with E-state index in [0.29, 0.717) is 32.7 Å². The summed E-state index contributed by atoms with van der Waals surface area (Å²) in [5.74, 6) is 1.42. The molecule has 3 aromatic carbocycles. The molecule has 2 amide bonds. The number of amides is 2. The number of imide groups is 1. The lowest BCUT2D eigenvalue weighted by Gasteiger charge is -2.13. The largest absolute Gasteiger partial charge is 0.493 e. The Labute approximate surface area is 213 Å². The van der Waals surface area contributed by atoms with Crippen LogP contribution >= 0.6 is 23.4 Å². The van der Waals surface area contributed by atoms with E-state index in [1.807, 2.05) is 49.4 Å². The topological polar surface area (TPSA) is 65.1 Å². The van der Waals surface area contributed by atoms with Crippen LogP contribution in [0.1, 0.15) is 16.7 Å². The fourth-order valence-electron chi connectivity index (χ4n) is 3.47. The number of nitrogens with zero attached hydrogens (tertiary/aromatic N) is 1. The Morgan fingerprint density at radius 2 is 1.80 bits per heavy atom. The molecule has 1 fully saturated rings. The maximum Gasteiger partial charge on any atom is 0.293 e. The third kappa shape index (κ3) is 6.18. The number of aryl methyl sites for hydroxylation is 1. The fourth-order valence-corrected chi connectivity index (χ4v) is 4.53. The summed E-state index contributed by atoms with van der Waals surface area (Å²) in [6.07, 6.45) is 1.67. The number of benzene rings is 3. The van der Waals surface area contributed by atoms with E-state index in [9.17, 15) is 9.59 Å². The molecule has 0 aromatic heterocycles. The van der Waals surface area contributed by atoms with E-state index in [1.54, 1.807) is 37.5 Å². The Bertz CT molecular complexity index is 1280. The van der Waals surface area contributed by atoms with Gasteiger partial charge in [0.05, 0.1) is 18.6 Å². The van der Waals surface area contributed by atoms with Crippen LogP contribution in [0.25, 0.3) is 6.08 Å². The molecule has 1 aliphatic heterocycles. The highest BCUT2D eigenvalue weighted by atomic mass is 35.5. The first kappa shape index (κ1) is 24.7. The molecular weight excluding hydrogens is 486 g/mol. The number of hydrogen-bond acceptors (Lipinski definition) is 6. The van der Waals surface area contributed by atoms with Gasteiger partial charge in [-0.1, -0.05) is 48.0 Å². The van der Waals surface area contributed by atoms with Crippen molar-refractivity contribution >= 4 is 40.6 Å². The Morgan fingerprint density at radius 1 is 0.971 bits per heavy atom. The predicted molar refractivity (Wildman–Crippen MR) is 138 cm³/mol. The summed E-state index contributed by atoms with van der Waals surface area (Å²) in [6.45, 7) is 2.62. The summed E-state index contributed by atoms with van der Waals surface area (Å²) in [7, 11) is 1.56. The van der Waals surface area contributed by atoms with E-state index in [-0.39, 0.29) is 30.9 Å². The number of rotatable bonds is 9. The Hall–Kier alpha value is -3.42. The Morgan fingerprint density at radius 3 is 2.57 bits per heavy atom. The van der Waals surface area contributed by atoms with Gasteiger partial charge in [0.1, 0.15) is 19.0 Å². The van der Waals surface area contributed by atoms with Crippen molar-refractivity contribution in [2.75, 3.05) is 20.3 Å². The minimum absolute atomic E-state index is 0.171. The van der Waals surface area contributed by atoms with Crippen LogP contribution in [0.3, 0.4) is 0 Å². The molecule has 1 heterocycles. The summed E-state index contributed by atoms with van der Waals surface area (Å²) in [6, 6.07) is 20.4. The second-order valence-corrected chi connectivity index (χ2v) is 9.19. The number of methoxy groups -OCH3 is 1. The van der Waals surface area contributed by atoms with Crippen LogP contribution in [0.5, 0.6) is 17.2 Å².